The van der Waals surface area contributed by atoms with E-state index >= 15 is 0 Å². The zero-order valence-electron chi connectivity index (χ0n) is 7.01. The summed E-state index contributed by atoms with van der Waals surface area (Å²) in [6.45, 7) is 0. The summed E-state index contributed by atoms with van der Waals surface area (Å²) in [6, 6.07) is 3.62. The van der Waals surface area contributed by atoms with Crippen molar-refractivity contribution < 1.29 is 17.9 Å². The minimum Gasteiger partial charge on any atom is -0.403 e. The van der Waals surface area contributed by atoms with Gasteiger partial charge >= 0.3 is 6.36 Å². The van der Waals surface area contributed by atoms with Gasteiger partial charge in [0.1, 0.15) is 5.69 Å². The van der Waals surface area contributed by atoms with E-state index < -0.39 is 12.1 Å². The van der Waals surface area contributed by atoms with E-state index in [-0.39, 0.29) is 10.7 Å². The largest absolute Gasteiger partial charge is 0.573 e. The van der Waals surface area contributed by atoms with Gasteiger partial charge in [0, 0.05) is 11.1 Å². The van der Waals surface area contributed by atoms with Crippen LogP contribution in [0.15, 0.2) is 23.2 Å². The zero-order valence-corrected chi connectivity index (χ0v) is 8.58. The van der Waals surface area contributed by atoms with Crippen molar-refractivity contribution in [3.63, 3.8) is 0 Å². The Hall–Kier alpha value is -1.10. The van der Waals surface area contributed by atoms with Crippen LogP contribution in [0.5, 0.6) is 5.75 Å². The van der Waals surface area contributed by atoms with Crippen LogP contribution in [0.25, 0.3) is 0 Å². The summed E-state index contributed by atoms with van der Waals surface area (Å²) < 4.78 is 39.5. The van der Waals surface area contributed by atoms with Gasteiger partial charge in [-0.15, -0.1) is 13.2 Å². The quantitative estimate of drug-likeness (QED) is 0.587. The van der Waals surface area contributed by atoms with Crippen molar-refractivity contribution in [2.24, 2.45) is 4.99 Å². The highest BCUT2D eigenvalue weighted by Crippen LogP contribution is 2.34. The summed E-state index contributed by atoms with van der Waals surface area (Å²) in [5, 5.41) is 2.06. The lowest BCUT2D eigenvalue weighted by Gasteiger charge is -2.10. The summed E-state index contributed by atoms with van der Waals surface area (Å²) in [7, 11) is 0. The molecule has 0 saturated carbocycles. The van der Waals surface area contributed by atoms with E-state index in [2.05, 4.69) is 21.9 Å². The molecule has 0 unspecified atom stereocenters. The Balaban J connectivity index is 3.13. The molecule has 80 valence electrons. The summed E-state index contributed by atoms with van der Waals surface area (Å²) >= 11 is 9.79. The average Bonchev–Trinajstić information content (AvgIpc) is 2.07. The maximum atomic E-state index is 11.9. The molecule has 1 aromatic carbocycles. The zero-order chi connectivity index (χ0) is 11.5. The molecule has 0 spiro atoms. The lowest BCUT2D eigenvalue weighted by atomic mass is 10.3. The van der Waals surface area contributed by atoms with Crippen LogP contribution in [-0.4, -0.2) is 11.5 Å². The highest BCUT2D eigenvalue weighted by molar-refractivity contribution is 7.78. The minimum absolute atomic E-state index is 0.0771. The van der Waals surface area contributed by atoms with Gasteiger partial charge < -0.3 is 4.74 Å². The Kier molecular flexibility index (Phi) is 3.68. The van der Waals surface area contributed by atoms with Crippen molar-refractivity contribution in [2.75, 3.05) is 0 Å². The van der Waals surface area contributed by atoms with Crippen LogP contribution in [-0.2, 0) is 0 Å². The Bertz CT molecular complexity index is 415. The molecule has 0 radical (unpaired) electrons. The number of thiocarbonyl (C=S) groups is 1. The van der Waals surface area contributed by atoms with Gasteiger partial charge in [-0.2, -0.15) is 4.99 Å². The first-order chi connectivity index (χ1) is 6.92. The van der Waals surface area contributed by atoms with Crippen molar-refractivity contribution in [3.8, 4) is 5.75 Å². The van der Waals surface area contributed by atoms with Gasteiger partial charge in [-0.25, -0.2) is 0 Å². The molecule has 0 amide bonds. The first-order valence-corrected chi connectivity index (χ1v) is 4.34. The number of alkyl halides is 3. The molecule has 7 heteroatoms. The fourth-order valence-electron chi connectivity index (χ4n) is 0.836. The molecular weight excluding hydrogens is 251 g/mol. The standard InChI is InChI=1S/C8H3ClF3NOS/c9-5-1-2-6(13-4-15)7(3-5)14-8(10,11)12/h1-3H. The van der Waals surface area contributed by atoms with Crippen molar-refractivity contribution in [1.82, 2.24) is 0 Å². The number of hydrogen-bond acceptors (Lipinski definition) is 3. The van der Waals surface area contributed by atoms with Crippen LogP contribution in [0.4, 0.5) is 18.9 Å². The Morgan fingerprint density at radius 2 is 2.07 bits per heavy atom. The number of isothiocyanates is 1. The fourth-order valence-corrected chi connectivity index (χ4v) is 1.10. The molecule has 0 N–H and O–H groups in total. The van der Waals surface area contributed by atoms with Crippen LogP contribution in [0.2, 0.25) is 5.02 Å². The van der Waals surface area contributed by atoms with Gasteiger partial charge in [0.15, 0.2) is 5.75 Å². The lowest BCUT2D eigenvalue weighted by Crippen LogP contribution is -2.17. The van der Waals surface area contributed by atoms with Gasteiger partial charge in [-0.05, 0) is 24.4 Å². The number of hydrogen-bond donors (Lipinski definition) is 0. The van der Waals surface area contributed by atoms with Crippen LogP contribution >= 0.6 is 23.8 Å². The predicted octanol–water partition coefficient (Wildman–Crippen LogP) is 3.97. The second-order valence-corrected chi connectivity index (χ2v) is 2.98. The van der Waals surface area contributed by atoms with Crippen LogP contribution in [0.1, 0.15) is 0 Å². The van der Waals surface area contributed by atoms with Gasteiger partial charge in [0.2, 0.25) is 0 Å². The van der Waals surface area contributed by atoms with Crippen LogP contribution in [0, 0.1) is 0 Å². The van der Waals surface area contributed by atoms with Crippen molar-refractivity contribution in [3.05, 3.63) is 23.2 Å². The third-order valence-corrected chi connectivity index (χ3v) is 1.64. The Morgan fingerprint density at radius 3 is 2.60 bits per heavy atom. The highest BCUT2D eigenvalue weighted by Gasteiger charge is 2.32. The number of nitrogens with zero attached hydrogens (tertiary/aromatic N) is 1. The fraction of sp³-hybridized carbons (Fsp3) is 0.125. The molecule has 0 aliphatic carbocycles. The molecular formula is C8H3ClF3NOS. The van der Waals surface area contributed by atoms with E-state index in [1.807, 2.05) is 5.16 Å². The van der Waals surface area contributed by atoms with Crippen LogP contribution < -0.4 is 4.74 Å². The third-order valence-electron chi connectivity index (χ3n) is 1.31. The van der Waals surface area contributed by atoms with Gasteiger partial charge in [-0.1, -0.05) is 11.6 Å². The molecule has 0 aromatic heterocycles. The minimum atomic E-state index is -4.80. The van der Waals surface area contributed by atoms with E-state index in [9.17, 15) is 13.2 Å². The average molecular weight is 254 g/mol. The van der Waals surface area contributed by atoms with Gasteiger partial charge in [0.05, 0.1) is 5.16 Å². The molecule has 0 heterocycles. The molecule has 15 heavy (non-hydrogen) atoms. The molecule has 0 fully saturated rings. The molecule has 0 aliphatic rings. The number of aliphatic imine (C=N–C) groups is 1. The summed E-state index contributed by atoms with van der Waals surface area (Å²) in [5.41, 5.74) is -0.0771. The maximum absolute atomic E-state index is 11.9. The first kappa shape index (κ1) is 12.0. The maximum Gasteiger partial charge on any atom is 0.573 e. The number of rotatable bonds is 2. The summed E-state index contributed by atoms with van der Waals surface area (Å²) in [4.78, 5) is 3.41. The van der Waals surface area contributed by atoms with E-state index in [1.165, 1.54) is 12.1 Å². The second-order valence-electron chi connectivity index (χ2n) is 2.36. The molecule has 2 nitrogen and oxygen atoms in total. The number of ether oxygens (including phenoxy) is 1. The van der Waals surface area contributed by atoms with Crippen molar-refractivity contribution in [1.29, 1.82) is 0 Å². The lowest BCUT2D eigenvalue weighted by molar-refractivity contribution is -0.274. The first-order valence-electron chi connectivity index (χ1n) is 3.55. The predicted molar refractivity (Wildman–Crippen MR) is 52.8 cm³/mol. The highest BCUT2D eigenvalue weighted by atomic mass is 35.5. The van der Waals surface area contributed by atoms with E-state index in [0.29, 0.717) is 0 Å². The van der Waals surface area contributed by atoms with Crippen molar-refractivity contribution >= 4 is 34.7 Å². The molecule has 0 bridgehead atoms. The Labute approximate surface area is 93.3 Å². The number of halogens is 4. The molecule has 1 aromatic rings. The normalized spacial score (nSPS) is 10.7. The Morgan fingerprint density at radius 1 is 1.40 bits per heavy atom. The topological polar surface area (TPSA) is 21.6 Å². The molecule has 1 rings (SSSR count). The summed E-state index contributed by atoms with van der Waals surface area (Å²) in [5.74, 6) is -0.507. The SMILES string of the molecule is FC(F)(F)Oc1cc(Cl)ccc1N=C=S. The van der Waals surface area contributed by atoms with E-state index in [4.69, 9.17) is 11.6 Å². The molecule has 0 aliphatic heterocycles. The van der Waals surface area contributed by atoms with Crippen molar-refractivity contribution in [2.45, 2.75) is 6.36 Å². The smallest absolute Gasteiger partial charge is 0.403 e. The molecule has 0 atom stereocenters. The van der Waals surface area contributed by atoms with E-state index in [1.54, 1.807) is 0 Å². The number of benzene rings is 1. The van der Waals surface area contributed by atoms with Crippen LogP contribution in [0.3, 0.4) is 0 Å². The monoisotopic (exact) mass is 253 g/mol. The third kappa shape index (κ3) is 3.87. The van der Waals surface area contributed by atoms with E-state index in [0.717, 1.165) is 6.07 Å². The summed E-state index contributed by atoms with van der Waals surface area (Å²) in [6.07, 6.45) is -4.80. The second kappa shape index (κ2) is 4.61. The molecule has 0 saturated heterocycles. The van der Waals surface area contributed by atoms with Gasteiger partial charge in [0.25, 0.3) is 0 Å². The van der Waals surface area contributed by atoms with Gasteiger partial charge in [-0.3, -0.25) is 0 Å².